The number of amides is 1. The van der Waals surface area contributed by atoms with Crippen molar-refractivity contribution in [2.24, 2.45) is 0 Å². The Labute approximate surface area is 152 Å². The number of aliphatic hydroxyl groups is 1. The van der Waals surface area contributed by atoms with Gasteiger partial charge in [-0.25, -0.2) is 9.18 Å². The summed E-state index contributed by atoms with van der Waals surface area (Å²) in [6.07, 6.45) is 0. The van der Waals surface area contributed by atoms with Gasteiger partial charge in [-0.05, 0) is 17.2 Å². The highest BCUT2D eigenvalue weighted by Gasteiger charge is 2.42. The minimum absolute atomic E-state index is 0.359. The first-order valence-electron chi connectivity index (χ1n) is 8.02. The first kappa shape index (κ1) is 24.1. The van der Waals surface area contributed by atoms with E-state index in [0.29, 0.717) is 11.1 Å². The molecule has 5 nitrogen and oxygen atoms in total. The van der Waals surface area contributed by atoms with Crippen molar-refractivity contribution in [2.45, 2.75) is 50.9 Å². The summed E-state index contributed by atoms with van der Waals surface area (Å²) in [5.74, 6) is -8.65. The van der Waals surface area contributed by atoms with E-state index in [1.807, 2.05) is 0 Å². The highest BCUT2D eigenvalue weighted by atomic mass is 28.3. The number of benzene rings is 1. The van der Waals surface area contributed by atoms with Crippen LogP contribution in [0.3, 0.4) is 0 Å². The number of nitrogens with one attached hydrogen (secondary N) is 1. The van der Waals surface area contributed by atoms with Crippen LogP contribution in [0.5, 0.6) is 0 Å². The Kier molecular flexibility index (Phi) is 9.02. The summed E-state index contributed by atoms with van der Waals surface area (Å²) in [5.41, 5.74) is -0.910. The van der Waals surface area contributed by atoms with Crippen molar-refractivity contribution in [3.63, 3.8) is 0 Å². The van der Waals surface area contributed by atoms with Gasteiger partial charge in [0, 0.05) is 14.4 Å². The van der Waals surface area contributed by atoms with E-state index in [4.69, 9.17) is 10.2 Å². The lowest BCUT2D eigenvalue weighted by Gasteiger charge is -2.21. The van der Waals surface area contributed by atoms with Crippen LogP contribution in [0.15, 0.2) is 24.3 Å². The first-order valence-corrected chi connectivity index (χ1v) is 10.9. The molecule has 26 heavy (non-hydrogen) atoms. The van der Waals surface area contributed by atoms with Gasteiger partial charge in [0.2, 0.25) is 0 Å². The average Bonchev–Trinajstić information content (AvgIpc) is 2.51. The highest BCUT2D eigenvalue weighted by Crippen LogP contribution is 2.28. The SMILES string of the molecule is C[SiH](C)C(C)(C)C.O=C(O)[C@H](CO)NC(=O)C(F)(F)c1cccc(F)c1. The molecule has 3 N–H and O–H groups in total. The molecular formula is C17H26F3NO4Si. The van der Waals surface area contributed by atoms with Crippen LogP contribution < -0.4 is 5.32 Å². The lowest BCUT2D eigenvalue weighted by atomic mass is 10.1. The standard InChI is InChI=1S/C11H10F3NO4.C6H16Si/c12-7-3-1-2-6(4-7)11(13,14)10(19)15-8(5-16)9(17)18;1-6(2,3)7(4)5/h1-4,8,16H,5H2,(H,15,19)(H,17,18);7H,1-5H3/t8-;/m0./s1. The minimum atomic E-state index is -4.11. The summed E-state index contributed by atoms with van der Waals surface area (Å²) in [5, 5.41) is 19.3. The fourth-order valence-corrected chi connectivity index (χ4v) is 1.25. The summed E-state index contributed by atoms with van der Waals surface area (Å²) in [6.45, 7) is 10.7. The van der Waals surface area contributed by atoms with Gasteiger partial charge in [0.05, 0.1) is 6.61 Å². The van der Waals surface area contributed by atoms with Crippen LogP contribution in [0.1, 0.15) is 26.3 Å². The Bertz CT molecular complexity index is 618. The molecule has 0 heterocycles. The molecular weight excluding hydrogens is 367 g/mol. The van der Waals surface area contributed by atoms with Gasteiger partial charge in [0.1, 0.15) is 5.82 Å². The molecule has 0 unspecified atom stereocenters. The van der Waals surface area contributed by atoms with Gasteiger partial charge in [0.15, 0.2) is 6.04 Å². The van der Waals surface area contributed by atoms with Crippen molar-refractivity contribution in [3.05, 3.63) is 35.6 Å². The zero-order valence-electron chi connectivity index (χ0n) is 15.5. The van der Waals surface area contributed by atoms with Gasteiger partial charge >= 0.3 is 11.9 Å². The van der Waals surface area contributed by atoms with Crippen molar-refractivity contribution < 1.29 is 33.0 Å². The maximum Gasteiger partial charge on any atom is 0.349 e. The van der Waals surface area contributed by atoms with Crippen molar-refractivity contribution in [1.82, 2.24) is 5.32 Å². The number of aliphatic carboxylic acids is 1. The predicted molar refractivity (Wildman–Crippen MR) is 95.5 cm³/mol. The monoisotopic (exact) mass is 393 g/mol. The zero-order valence-corrected chi connectivity index (χ0v) is 16.7. The molecule has 0 aliphatic carbocycles. The fraction of sp³-hybridized carbons (Fsp3) is 0.529. The molecule has 0 radical (unpaired) electrons. The van der Waals surface area contributed by atoms with E-state index in [9.17, 15) is 22.8 Å². The van der Waals surface area contributed by atoms with E-state index in [1.54, 1.807) is 0 Å². The molecule has 0 saturated heterocycles. The van der Waals surface area contributed by atoms with E-state index >= 15 is 0 Å². The Morgan fingerprint density at radius 3 is 2.08 bits per heavy atom. The Hall–Kier alpha value is -1.87. The molecule has 0 aromatic heterocycles. The summed E-state index contributed by atoms with van der Waals surface area (Å²) >= 11 is 0. The highest BCUT2D eigenvalue weighted by molar-refractivity contribution is 6.59. The maximum atomic E-state index is 13.6. The Balaban J connectivity index is 0.000000758. The van der Waals surface area contributed by atoms with Gasteiger partial charge in [-0.3, -0.25) is 4.79 Å². The van der Waals surface area contributed by atoms with E-state index in [0.717, 1.165) is 18.2 Å². The maximum absolute atomic E-state index is 13.6. The Morgan fingerprint density at radius 1 is 1.23 bits per heavy atom. The molecule has 1 aromatic carbocycles. The number of carboxylic acid groups (broad SMARTS) is 1. The number of rotatable bonds is 5. The van der Waals surface area contributed by atoms with E-state index < -0.39 is 41.8 Å². The van der Waals surface area contributed by atoms with Crippen molar-refractivity contribution in [2.75, 3.05) is 6.61 Å². The number of carboxylic acids is 1. The van der Waals surface area contributed by atoms with Gasteiger partial charge in [-0.15, -0.1) is 0 Å². The summed E-state index contributed by atoms with van der Waals surface area (Å²) in [4.78, 5) is 21.8. The smallest absolute Gasteiger partial charge is 0.349 e. The zero-order chi connectivity index (χ0) is 20.7. The quantitative estimate of drug-likeness (QED) is 0.672. The summed E-state index contributed by atoms with van der Waals surface area (Å²) in [7, 11) is -0.359. The molecule has 0 spiro atoms. The molecule has 0 bridgehead atoms. The molecule has 1 amide bonds. The molecule has 148 valence electrons. The molecule has 0 fully saturated rings. The van der Waals surface area contributed by atoms with Crippen LogP contribution in [0.4, 0.5) is 13.2 Å². The van der Waals surface area contributed by atoms with Crippen molar-refractivity contribution in [1.29, 1.82) is 0 Å². The predicted octanol–water partition coefficient (Wildman–Crippen LogP) is 2.75. The van der Waals surface area contributed by atoms with Crippen LogP contribution in [0.2, 0.25) is 18.1 Å². The van der Waals surface area contributed by atoms with Gasteiger partial charge in [-0.1, -0.05) is 46.0 Å². The first-order chi connectivity index (χ1) is 11.7. The summed E-state index contributed by atoms with van der Waals surface area (Å²) < 4.78 is 40.1. The minimum Gasteiger partial charge on any atom is -0.480 e. The van der Waals surface area contributed by atoms with Crippen LogP contribution in [-0.4, -0.2) is 43.5 Å². The number of hydrogen-bond acceptors (Lipinski definition) is 3. The van der Waals surface area contributed by atoms with Crippen LogP contribution in [0.25, 0.3) is 0 Å². The normalized spacial score (nSPS) is 12.8. The summed E-state index contributed by atoms with van der Waals surface area (Å²) in [6, 6.07) is 1.36. The number of aliphatic hydroxyl groups excluding tert-OH is 1. The van der Waals surface area contributed by atoms with Gasteiger partial charge < -0.3 is 15.5 Å². The van der Waals surface area contributed by atoms with Crippen LogP contribution in [0, 0.1) is 5.82 Å². The molecule has 1 atom stereocenters. The average molecular weight is 393 g/mol. The lowest BCUT2D eigenvalue weighted by Crippen LogP contribution is -2.49. The molecule has 0 aliphatic heterocycles. The van der Waals surface area contributed by atoms with E-state index in [-0.39, 0.29) is 8.80 Å². The van der Waals surface area contributed by atoms with E-state index in [2.05, 4.69) is 33.9 Å². The van der Waals surface area contributed by atoms with Crippen molar-refractivity contribution >= 4 is 20.7 Å². The van der Waals surface area contributed by atoms with Crippen LogP contribution in [-0.2, 0) is 15.5 Å². The largest absolute Gasteiger partial charge is 0.480 e. The third-order valence-electron chi connectivity index (χ3n) is 3.99. The third-order valence-corrected chi connectivity index (χ3v) is 7.45. The fourth-order valence-electron chi connectivity index (χ4n) is 1.25. The molecule has 0 saturated carbocycles. The van der Waals surface area contributed by atoms with Crippen LogP contribution >= 0.6 is 0 Å². The second-order valence-corrected chi connectivity index (χ2v) is 11.2. The molecule has 1 aromatic rings. The molecule has 9 heteroatoms. The third kappa shape index (κ3) is 7.57. The van der Waals surface area contributed by atoms with Gasteiger partial charge in [-0.2, -0.15) is 8.78 Å². The van der Waals surface area contributed by atoms with E-state index in [1.165, 1.54) is 5.32 Å². The number of carbonyl (C=O) groups is 2. The molecule has 1 rings (SSSR count). The number of hydrogen-bond donors (Lipinski definition) is 3. The number of carbonyl (C=O) groups excluding carboxylic acids is 1. The number of halogens is 3. The molecule has 0 aliphatic rings. The van der Waals surface area contributed by atoms with Gasteiger partial charge in [0.25, 0.3) is 5.91 Å². The van der Waals surface area contributed by atoms with Crippen molar-refractivity contribution in [3.8, 4) is 0 Å². The number of alkyl halides is 2. The lowest BCUT2D eigenvalue weighted by molar-refractivity contribution is -0.153. The Morgan fingerprint density at radius 2 is 1.73 bits per heavy atom. The second-order valence-electron chi connectivity index (χ2n) is 7.15. The topological polar surface area (TPSA) is 86.6 Å². The second kappa shape index (κ2) is 9.72.